The summed E-state index contributed by atoms with van der Waals surface area (Å²) in [5.74, 6) is 0. The van der Waals surface area contributed by atoms with Crippen LogP contribution in [0.2, 0.25) is 0 Å². The molecule has 0 spiro atoms. The number of nitro groups is 1. The number of anilines is 1. The lowest BCUT2D eigenvalue weighted by atomic mass is 10.0. The van der Waals surface area contributed by atoms with Crippen molar-refractivity contribution in [1.29, 1.82) is 0 Å². The molecular formula is C12H17BrN2O3. The summed E-state index contributed by atoms with van der Waals surface area (Å²) in [5, 5.41) is 23.0. The van der Waals surface area contributed by atoms with E-state index < -0.39 is 4.92 Å². The molecule has 5 nitrogen and oxygen atoms in total. The molecule has 0 radical (unpaired) electrons. The third-order valence-electron chi connectivity index (χ3n) is 2.69. The highest BCUT2D eigenvalue weighted by molar-refractivity contribution is 9.10. The van der Waals surface area contributed by atoms with Gasteiger partial charge in [0.25, 0.3) is 5.69 Å². The van der Waals surface area contributed by atoms with Gasteiger partial charge >= 0.3 is 0 Å². The summed E-state index contributed by atoms with van der Waals surface area (Å²) in [5.41, 5.74) is 1.20. The van der Waals surface area contributed by atoms with Gasteiger partial charge in [0.2, 0.25) is 0 Å². The Morgan fingerprint density at radius 1 is 1.50 bits per heavy atom. The molecule has 2 N–H and O–H groups in total. The standard InChI is InChI=1S/C12H17BrN2O3/c1-8-6-10(14-12(2,3)4-5-16)9(13)7-11(8)15(17)18/h6-7,14,16H,4-5H2,1-3H3. The lowest BCUT2D eigenvalue weighted by molar-refractivity contribution is -0.385. The molecule has 6 heteroatoms. The lowest BCUT2D eigenvalue weighted by Gasteiger charge is -2.27. The molecule has 0 heterocycles. The number of benzene rings is 1. The van der Waals surface area contributed by atoms with Crippen molar-refractivity contribution in [1.82, 2.24) is 0 Å². The van der Waals surface area contributed by atoms with Gasteiger partial charge in [0.15, 0.2) is 0 Å². The Hall–Kier alpha value is -1.14. The summed E-state index contributed by atoms with van der Waals surface area (Å²) in [4.78, 5) is 10.4. The van der Waals surface area contributed by atoms with E-state index >= 15 is 0 Å². The van der Waals surface area contributed by atoms with Gasteiger partial charge in [-0.25, -0.2) is 0 Å². The number of nitro benzene ring substituents is 1. The first-order valence-electron chi connectivity index (χ1n) is 5.60. The third kappa shape index (κ3) is 3.68. The van der Waals surface area contributed by atoms with E-state index in [0.717, 1.165) is 5.69 Å². The first-order valence-corrected chi connectivity index (χ1v) is 6.40. The number of aliphatic hydroxyl groups is 1. The molecule has 100 valence electrons. The molecule has 1 aromatic carbocycles. The molecule has 0 aliphatic carbocycles. The van der Waals surface area contributed by atoms with Gasteiger partial charge in [-0.1, -0.05) is 0 Å². The van der Waals surface area contributed by atoms with Crippen LogP contribution in [0.25, 0.3) is 0 Å². The maximum Gasteiger partial charge on any atom is 0.273 e. The molecule has 1 aromatic rings. The van der Waals surface area contributed by atoms with E-state index in [2.05, 4.69) is 21.2 Å². The van der Waals surface area contributed by atoms with Crippen LogP contribution in [0.1, 0.15) is 25.8 Å². The molecule has 0 unspecified atom stereocenters. The van der Waals surface area contributed by atoms with E-state index in [1.165, 1.54) is 6.07 Å². The lowest BCUT2D eigenvalue weighted by Crippen LogP contribution is -2.32. The number of nitrogens with zero attached hydrogens (tertiary/aromatic N) is 1. The highest BCUT2D eigenvalue weighted by Crippen LogP contribution is 2.32. The van der Waals surface area contributed by atoms with Crippen molar-refractivity contribution in [3.8, 4) is 0 Å². The fourth-order valence-electron chi connectivity index (χ4n) is 1.67. The van der Waals surface area contributed by atoms with E-state index in [1.54, 1.807) is 13.0 Å². The second kappa shape index (κ2) is 5.67. The fourth-order valence-corrected chi connectivity index (χ4v) is 2.10. The summed E-state index contributed by atoms with van der Waals surface area (Å²) in [6, 6.07) is 3.23. The molecule has 0 saturated heterocycles. The predicted octanol–water partition coefficient (Wildman–Crippen LogP) is 3.24. The zero-order valence-corrected chi connectivity index (χ0v) is 12.2. The van der Waals surface area contributed by atoms with Crippen molar-refractivity contribution in [2.45, 2.75) is 32.7 Å². The van der Waals surface area contributed by atoms with Gasteiger partial charge in [0, 0.05) is 33.9 Å². The first kappa shape index (κ1) is 14.9. The Bertz CT molecular complexity index is 461. The Morgan fingerprint density at radius 3 is 2.61 bits per heavy atom. The molecule has 18 heavy (non-hydrogen) atoms. The molecule has 0 aliphatic heterocycles. The zero-order valence-electron chi connectivity index (χ0n) is 10.7. The summed E-state index contributed by atoms with van der Waals surface area (Å²) < 4.78 is 0.644. The topological polar surface area (TPSA) is 75.4 Å². The minimum Gasteiger partial charge on any atom is -0.396 e. The zero-order chi connectivity index (χ0) is 13.9. The van der Waals surface area contributed by atoms with Crippen LogP contribution in [0, 0.1) is 17.0 Å². The number of halogens is 1. The largest absolute Gasteiger partial charge is 0.396 e. The fraction of sp³-hybridized carbons (Fsp3) is 0.500. The van der Waals surface area contributed by atoms with Gasteiger partial charge in [-0.15, -0.1) is 0 Å². The van der Waals surface area contributed by atoms with Crippen LogP contribution in [0.3, 0.4) is 0 Å². The minimum absolute atomic E-state index is 0.0869. The Balaban J connectivity index is 3.05. The van der Waals surface area contributed by atoms with E-state index in [9.17, 15) is 10.1 Å². The van der Waals surface area contributed by atoms with Crippen LogP contribution >= 0.6 is 15.9 Å². The first-order chi connectivity index (χ1) is 8.26. The van der Waals surface area contributed by atoms with Crippen LogP contribution in [0.4, 0.5) is 11.4 Å². The van der Waals surface area contributed by atoms with Crippen LogP contribution in [-0.2, 0) is 0 Å². The number of hydrogen-bond acceptors (Lipinski definition) is 4. The van der Waals surface area contributed by atoms with Crippen LogP contribution in [-0.4, -0.2) is 22.2 Å². The van der Waals surface area contributed by atoms with Crippen LogP contribution in [0.5, 0.6) is 0 Å². The maximum atomic E-state index is 10.8. The van der Waals surface area contributed by atoms with Gasteiger partial charge < -0.3 is 10.4 Å². The SMILES string of the molecule is Cc1cc(NC(C)(C)CCO)c(Br)cc1[N+](=O)[O-]. The average Bonchev–Trinajstić information content (AvgIpc) is 2.21. The van der Waals surface area contributed by atoms with Crippen LogP contribution < -0.4 is 5.32 Å². The summed E-state index contributed by atoms with van der Waals surface area (Å²) >= 11 is 3.32. The maximum absolute atomic E-state index is 10.8. The van der Waals surface area contributed by atoms with Crippen molar-refractivity contribution in [3.63, 3.8) is 0 Å². The molecule has 0 bridgehead atoms. The number of hydrogen-bond donors (Lipinski definition) is 2. The molecular weight excluding hydrogens is 300 g/mol. The van der Waals surface area contributed by atoms with Gasteiger partial charge in [-0.2, -0.15) is 0 Å². The normalized spacial score (nSPS) is 11.4. The Labute approximate surface area is 114 Å². The number of rotatable bonds is 5. The molecule has 0 aromatic heterocycles. The second-order valence-electron chi connectivity index (χ2n) is 4.86. The van der Waals surface area contributed by atoms with E-state index in [4.69, 9.17) is 5.11 Å². The average molecular weight is 317 g/mol. The number of aryl methyl sites for hydroxylation is 1. The third-order valence-corrected chi connectivity index (χ3v) is 3.35. The van der Waals surface area contributed by atoms with Gasteiger partial charge in [0.1, 0.15) is 0 Å². The van der Waals surface area contributed by atoms with Crippen molar-refractivity contribution in [3.05, 3.63) is 32.3 Å². The molecule has 0 saturated carbocycles. The number of aliphatic hydroxyl groups excluding tert-OH is 1. The highest BCUT2D eigenvalue weighted by Gasteiger charge is 2.20. The van der Waals surface area contributed by atoms with E-state index in [-0.39, 0.29) is 17.8 Å². The van der Waals surface area contributed by atoms with E-state index in [1.807, 2.05) is 13.8 Å². The Morgan fingerprint density at radius 2 is 2.11 bits per heavy atom. The highest BCUT2D eigenvalue weighted by atomic mass is 79.9. The summed E-state index contributed by atoms with van der Waals surface area (Å²) in [6.45, 7) is 5.72. The molecule has 0 fully saturated rings. The smallest absolute Gasteiger partial charge is 0.273 e. The minimum atomic E-state index is -0.400. The van der Waals surface area contributed by atoms with Crippen LogP contribution in [0.15, 0.2) is 16.6 Å². The molecule has 0 aliphatic rings. The molecule has 0 amide bonds. The number of nitrogens with one attached hydrogen (secondary N) is 1. The molecule has 1 rings (SSSR count). The quantitative estimate of drug-likeness (QED) is 0.646. The molecule has 0 atom stereocenters. The summed E-state index contributed by atoms with van der Waals surface area (Å²) in [7, 11) is 0. The van der Waals surface area contributed by atoms with E-state index in [0.29, 0.717) is 16.5 Å². The van der Waals surface area contributed by atoms with Gasteiger partial charge in [0.05, 0.1) is 4.92 Å². The van der Waals surface area contributed by atoms with Gasteiger partial charge in [-0.05, 0) is 49.2 Å². The Kier molecular flexibility index (Phi) is 4.70. The monoisotopic (exact) mass is 316 g/mol. The van der Waals surface area contributed by atoms with Crippen molar-refractivity contribution in [2.75, 3.05) is 11.9 Å². The predicted molar refractivity (Wildman–Crippen MR) is 74.9 cm³/mol. The van der Waals surface area contributed by atoms with Crippen molar-refractivity contribution < 1.29 is 10.0 Å². The van der Waals surface area contributed by atoms with Crippen molar-refractivity contribution >= 4 is 27.3 Å². The van der Waals surface area contributed by atoms with Gasteiger partial charge in [-0.3, -0.25) is 10.1 Å². The summed E-state index contributed by atoms with van der Waals surface area (Å²) in [6.07, 6.45) is 0.593. The second-order valence-corrected chi connectivity index (χ2v) is 5.71. The van der Waals surface area contributed by atoms with Crippen molar-refractivity contribution in [2.24, 2.45) is 0 Å².